The molecule has 1 aromatic rings. The summed E-state index contributed by atoms with van der Waals surface area (Å²) in [5.74, 6) is 2.67. The number of nitrogens with zero attached hydrogens (tertiary/aromatic N) is 1. The van der Waals surface area contributed by atoms with Gasteiger partial charge in [0, 0.05) is 18.3 Å². The van der Waals surface area contributed by atoms with Crippen molar-refractivity contribution in [3.63, 3.8) is 0 Å². The molecule has 0 saturated carbocycles. The van der Waals surface area contributed by atoms with Crippen molar-refractivity contribution in [2.45, 2.75) is 26.3 Å². The zero-order valence-corrected chi connectivity index (χ0v) is 10.1. The Labute approximate surface area is 98.4 Å². The average molecular weight is 216 g/mol. The van der Waals surface area contributed by atoms with Gasteiger partial charge in [-0.15, -0.1) is 6.42 Å². The smallest absolute Gasteiger partial charge is 0.0791 e. The van der Waals surface area contributed by atoms with Crippen molar-refractivity contribution < 1.29 is 0 Å². The minimum Gasteiger partial charge on any atom is -0.361 e. The molecule has 0 aliphatic carbocycles. The Bertz CT molecular complexity index is 348. The first-order valence-corrected chi connectivity index (χ1v) is 5.76. The molecule has 2 heteroatoms. The van der Waals surface area contributed by atoms with Gasteiger partial charge in [0.1, 0.15) is 0 Å². The maximum absolute atomic E-state index is 5.97. The Morgan fingerprint density at radius 3 is 2.38 bits per heavy atom. The molecule has 86 valence electrons. The van der Waals surface area contributed by atoms with Crippen molar-refractivity contribution in [3.05, 3.63) is 29.8 Å². The van der Waals surface area contributed by atoms with Crippen molar-refractivity contribution in [3.8, 4) is 12.3 Å². The number of rotatable bonds is 5. The van der Waals surface area contributed by atoms with E-state index in [9.17, 15) is 0 Å². The van der Waals surface area contributed by atoms with Crippen LogP contribution in [0.3, 0.4) is 0 Å². The molecule has 0 amide bonds. The normalized spacial score (nSPS) is 11.9. The van der Waals surface area contributed by atoms with Crippen molar-refractivity contribution in [1.29, 1.82) is 0 Å². The van der Waals surface area contributed by atoms with Crippen LogP contribution in [0.25, 0.3) is 0 Å². The van der Waals surface area contributed by atoms with E-state index in [0.717, 1.165) is 18.7 Å². The molecular weight excluding hydrogens is 196 g/mol. The SMILES string of the molecule is C#CCN(CC)c1ccc(C(N)CC)cc1. The summed E-state index contributed by atoms with van der Waals surface area (Å²) in [5.41, 5.74) is 8.31. The van der Waals surface area contributed by atoms with E-state index >= 15 is 0 Å². The number of hydrogen-bond acceptors (Lipinski definition) is 2. The number of nitrogens with two attached hydrogens (primary N) is 1. The molecule has 0 bridgehead atoms. The topological polar surface area (TPSA) is 29.3 Å². The third-order valence-electron chi connectivity index (χ3n) is 2.79. The summed E-state index contributed by atoms with van der Waals surface area (Å²) in [6, 6.07) is 8.49. The van der Waals surface area contributed by atoms with Crippen LogP contribution in [0.2, 0.25) is 0 Å². The quantitative estimate of drug-likeness (QED) is 0.766. The van der Waals surface area contributed by atoms with E-state index in [2.05, 4.69) is 48.9 Å². The summed E-state index contributed by atoms with van der Waals surface area (Å²) in [6.07, 6.45) is 6.29. The summed E-state index contributed by atoms with van der Waals surface area (Å²) in [7, 11) is 0. The van der Waals surface area contributed by atoms with Crippen LogP contribution >= 0.6 is 0 Å². The van der Waals surface area contributed by atoms with Crippen LogP contribution in [0, 0.1) is 12.3 Å². The van der Waals surface area contributed by atoms with Crippen molar-refractivity contribution in [1.82, 2.24) is 0 Å². The Morgan fingerprint density at radius 2 is 1.94 bits per heavy atom. The minimum absolute atomic E-state index is 0.136. The molecule has 2 nitrogen and oxygen atoms in total. The number of benzene rings is 1. The fourth-order valence-electron chi connectivity index (χ4n) is 1.66. The fourth-order valence-corrected chi connectivity index (χ4v) is 1.66. The molecule has 1 rings (SSSR count). The second kappa shape index (κ2) is 6.19. The lowest BCUT2D eigenvalue weighted by molar-refractivity contribution is 0.698. The van der Waals surface area contributed by atoms with Crippen LogP contribution in [-0.4, -0.2) is 13.1 Å². The van der Waals surface area contributed by atoms with Crippen molar-refractivity contribution >= 4 is 5.69 Å². The maximum Gasteiger partial charge on any atom is 0.0791 e. The Morgan fingerprint density at radius 1 is 1.31 bits per heavy atom. The summed E-state index contributed by atoms with van der Waals surface area (Å²) in [4.78, 5) is 2.15. The van der Waals surface area contributed by atoms with E-state index in [1.54, 1.807) is 0 Å². The van der Waals surface area contributed by atoms with E-state index in [1.165, 1.54) is 5.56 Å². The molecule has 0 saturated heterocycles. The number of hydrogen-bond donors (Lipinski definition) is 1. The molecule has 0 aromatic heterocycles. The molecule has 0 spiro atoms. The summed E-state index contributed by atoms with van der Waals surface area (Å²) in [6.45, 7) is 5.76. The summed E-state index contributed by atoms with van der Waals surface area (Å²) < 4.78 is 0. The second-order valence-electron chi connectivity index (χ2n) is 3.82. The van der Waals surface area contributed by atoms with Crippen molar-refractivity contribution in [2.75, 3.05) is 18.0 Å². The standard InChI is InChI=1S/C14H20N2/c1-4-11-16(6-3)13-9-7-12(8-10-13)14(15)5-2/h1,7-10,14H,5-6,11,15H2,2-3H3. The van der Waals surface area contributed by atoms with E-state index in [4.69, 9.17) is 12.2 Å². The molecule has 0 heterocycles. The molecule has 1 atom stereocenters. The monoisotopic (exact) mass is 216 g/mol. The van der Waals surface area contributed by atoms with E-state index in [-0.39, 0.29) is 6.04 Å². The summed E-state index contributed by atoms with van der Waals surface area (Å²) in [5, 5.41) is 0. The first-order valence-electron chi connectivity index (χ1n) is 5.76. The maximum atomic E-state index is 5.97. The number of anilines is 1. The Kier molecular flexibility index (Phi) is 4.88. The zero-order chi connectivity index (χ0) is 12.0. The molecule has 0 radical (unpaired) electrons. The predicted molar refractivity (Wildman–Crippen MR) is 70.4 cm³/mol. The molecule has 0 aliphatic heterocycles. The Balaban J connectivity index is 2.81. The van der Waals surface area contributed by atoms with E-state index in [0.29, 0.717) is 6.54 Å². The molecule has 1 aromatic carbocycles. The van der Waals surface area contributed by atoms with Gasteiger partial charge in [0.15, 0.2) is 0 Å². The minimum atomic E-state index is 0.136. The lowest BCUT2D eigenvalue weighted by atomic mass is 10.1. The Hall–Kier alpha value is -1.46. The van der Waals surface area contributed by atoms with Crippen LogP contribution in [0.1, 0.15) is 31.9 Å². The van der Waals surface area contributed by atoms with E-state index < -0.39 is 0 Å². The van der Waals surface area contributed by atoms with Gasteiger partial charge in [-0.3, -0.25) is 0 Å². The third kappa shape index (κ3) is 3.01. The highest BCUT2D eigenvalue weighted by Gasteiger charge is 2.05. The van der Waals surface area contributed by atoms with Crippen LogP contribution in [-0.2, 0) is 0 Å². The zero-order valence-electron chi connectivity index (χ0n) is 10.1. The van der Waals surface area contributed by atoms with Gasteiger partial charge in [-0.05, 0) is 31.0 Å². The van der Waals surface area contributed by atoms with Crippen LogP contribution in [0.4, 0.5) is 5.69 Å². The molecular formula is C14H20N2. The third-order valence-corrected chi connectivity index (χ3v) is 2.79. The molecule has 2 N–H and O–H groups in total. The highest BCUT2D eigenvalue weighted by atomic mass is 15.1. The predicted octanol–water partition coefficient (Wildman–Crippen LogP) is 2.56. The van der Waals surface area contributed by atoms with Gasteiger partial charge in [0.2, 0.25) is 0 Å². The molecule has 0 aliphatic rings. The highest BCUT2D eigenvalue weighted by molar-refractivity contribution is 5.48. The van der Waals surface area contributed by atoms with Gasteiger partial charge >= 0.3 is 0 Å². The first-order chi connectivity index (χ1) is 7.72. The lowest BCUT2D eigenvalue weighted by Crippen LogP contribution is -2.22. The van der Waals surface area contributed by atoms with Gasteiger partial charge in [-0.25, -0.2) is 0 Å². The fraction of sp³-hybridized carbons (Fsp3) is 0.429. The number of terminal acetylenes is 1. The van der Waals surface area contributed by atoms with Gasteiger partial charge in [-0.2, -0.15) is 0 Å². The van der Waals surface area contributed by atoms with Crippen LogP contribution < -0.4 is 10.6 Å². The molecule has 1 unspecified atom stereocenters. The largest absolute Gasteiger partial charge is 0.361 e. The van der Waals surface area contributed by atoms with Gasteiger partial charge < -0.3 is 10.6 Å². The van der Waals surface area contributed by atoms with Crippen LogP contribution in [0.5, 0.6) is 0 Å². The first kappa shape index (κ1) is 12.6. The van der Waals surface area contributed by atoms with Crippen LogP contribution in [0.15, 0.2) is 24.3 Å². The highest BCUT2D eigenvalue weighted by Crippen LogP contribution is 2.19. The lowest BCUT2D eigenvalue weighted by Gasteiger charge is -2.21. The summed E-state index contributed by atoms with van der Waals surface area (Å²) >= 11 is 0. The van der Waals surface area contributed by atoms with Gasteiger partial charge in [0.25, 0.3) is 0 Å². The molecule has 0 fully saturated rings. The molecule has 16 heavy (non-hydrogen) atoms. The van der Waals surface area contributed by atoms with Gasteiger partial charge in [-0.1, -0.05) is 25.0 Å². The van der Waals surface area contributed by atoms with Crippen molar-refractivity contribution in [2.24, 2.45) is 5.73 Å². The van der Waals surface area contributed by atoms with E-state index in [1.807, 2.05) is 0 Å². The van der Waals surface area contributed by atoms with Gasteiger partial charge in [0.05, 0.1) is 6.54 Å². The average Bonchev–Trinajstić information content (AvgIpc) is 2.35. The second-order valence-corrected chi connectivity index (χ2v) is 3.82.